The van der Waals surface area contributed by atoms with Gasteiger partial charge in [-0.05, 0) is 154 Å². The van der Waals surface area contributed by atoms with E-state index in [4.69, 9.17) is 9.47 Å². The van der Waals surface area contributed by atoms with Crippen LogP contribution < -0.4 is 21.3 Å². The quantitative estimate of drug-likeness (QED) is 0.155. The molecule has 14 nitrogen and oxygen atoms in total. The zero-order chi connectivity index (χ0) is 48.6. The van der Waals surface area contributed by atoms with Crippen molar-refractivity contribution < 1.29 is 38.2 Å². The van der Waals surface area contributed by atoms with E-state index in [0.717, 1.165) is 68.9 Å². The lowest BCUT2D eigenvalue weighted by Gasteiger charge is -2.36. The third-order valence-electron chi connectivity index (χ3n) is 16.6. The Hall–Kier alpha value is -4.82. The van der Waals surface area contributed by atoms with Crippen LogP contribution in [0.3, 0.4) is 0 Å². The van der Waals surface area contributed by atoms with Gasteiger partial charge in [-0.2, -0.15) is 0 Å². The van der Waals surface area contributed by atoms with Gasteiger partial charge in [-0.25, -0.2) is 0 Å². The second-order valence-corrected chi connectivity index (χ2v) is 20.9. The van der Waals surface area contributed by atoms with Gasteiger partial charge >= 0.3 is 0 Å². The highest BCUT2D eigenvalue weighted by molar-refractivity contribution is 5.94. The van der Waals surface area contributed by atoms with Crippen molar-refractivity contribution in [2.75, 3.05) is 39.5 Å². The van der Waals surface area contributed by atoms with Crippen molar-refractivity contribution in [3.63, 3.8) is 0 Å². The van der Waals surface area contributed by atoms with E-state index in [1.807, 2.05) is 27.7 Å². The van der Waals surface area contributed by atoms with Gasteiger partial charge in [0.2, 0.25) is 35.4 Å². The van der Waals surface area contributed by atoms with E-state index < -0.39 is 24.2 Å². The largest absolute Gasteiger partial charge is 0.381 e. The molecule has 0 spiro atoms. The zero-order valence-electron chi connectivity index (χ0n) is 41.7. The summed E-state index contributed by atoms with van der Waals surface area (Å²) in [5.41, 5.74) is 7.27. The molecule has 376 valence electrons. The SMILES string of the molecule is CC[C@@H](C)C(=O)N[C@H](C(=O)N1CCC[C@H]1C(=O)N[C@@H]1CCCc2c(Cc3cccc4c3CCC[C@H]4NC(=O)[C@@H]3CCCN3C(=O)[C@@H](NC(=O)[C@H](C)CC)C3CCOCC3)cccc21)C1CCOCC1. The van der Waals surface area contributed by atoms with E-state index in [1.165, 1.54) is 22.3 Å². The van der Waals surface area contributed by atoms with Crippen LogP contribution in [-0.2, 0) is 57.5 Å². The van der Waals surface area contributed by atoms with Crippen LogP contribution in [0, 0.1) is 23.7 Å². The summed E-state index contributed by atoms with van der Waals surface area (Å²) in [5, 5.41) is 13.0. The summed E-state index contributed by atoms with van der Waals surface area (Å²) in [6, 6.07) is 9.99. The van der Waals surface area contributed by atoms with Crippen molar-refractivity contribution in [1.82, 2.24) is 31.1 Å². The highest BCUT2D eigenvalue weighted by Gasteiger charge is 2.44. The predicted molar refractivity (Wildman–Crippen MR) is 263 cm³/mol. The summed E-state index contributed by atoms with van der Waals surface area (Å²) in [6.45, 7) is 10.9. The molecule has 6 aliphatic rings. The van der Waals surface area contributed by atoms with E-state index in [-0.39, 0.29) is 71.2 Å². The lowest BCUT2D eigenvalue weighted by molar-refractivity contribution is -0.144. The minimum atomic E-state index is -0.679. The fourth-order valence-corrected chi connectivity index (χ4v) is 12.0. The Balaban J connectivity index is 0.939. The first-order valence-corrected chi connectivity index (χ1v) is 26.7. The molecule has 8 atom stereocenters. The van der Waals surface area contributed by atoms with Crippen molar-refractivity contribution in [3.8, 4) is 0 Å². The average Bonchev–Trinajstić information content (AvgIpc) is 4.09. The van der Waals surface area contributed by atoms with Gasteiger partial charge in [-0.15, -0.1) is 0 Å². The molecule has 69 heavy (non-hydrogen) atoms. The molecular weight excluding hydrogens is 873 g/mol. The predicted octanol–water partition coefficient (Wildman–Crippen LogP) is 6.16. The standard InChI is InChI=1S/C55H78N6O8/c1-5-34(3)50(62)58-48(36-23-29-68-30-24-36)54(66)60-27-11-21-46(60)52(64)56-44-19-9-15-40-38(13-7-17-42(40)44)33-39-14-8-18-43-41(39)16-10-20-45(43)57-53(65)47-22-12-28-61(47)55(67)49(37-25-31-69-32-26-37)59-51(63)35(4)6-2/h7-8,13-14,17-18,34-37,44-49H,5-6,9-12,15-16,19-33H2,1-4H3,(H,56,64)(H,57,65)(H,58,62)(H,59,63)/t34-,35-,44-,45-,46+,47+,48+,49+/m1/s1. The average molecular weight is 951 g/mol. The smallest absolute Gasteiger partial charge is 0.246 e. The molecule has 2 aromatic rings. The van der Waals surface area contributed by atoms with Crippen LogP contribution in [0.4, 0.5) is 0 Å². The summed E-state index contributed by atoms with van der Waals surface area (Å²) in [4.78, 5) is 87.0. The van der Waals surface area contributed by atoms with Crippen molar-refractivity contribution in [2.24, 2.45) is 23.7 Å². The molecule has 0 saturated carbocycles. The number of nitrogens with one attached hydrogen (secondary N) is 4. The number of benzene rings is 2. The maximum absolute atomic E-state index is 14.4. The highest BCUT2D eigenvalue weighted by Crippen LogP contribution is 2.37. The lowest BCUT2D eigenvalue weighted by atomic mass is 9.80. The molecule has 0 aromatic heterocycles. The molecule has 4 heterocycles. The van der Waals surface area contributed by atoms with Gasteiger partial charge in [-0.3, -0.25) is 28.8 Å². The number of likely N-dealkylation sites (tertiary alicyclic amines) is 2. The Labute approximate surface area is 409 Å². The van der Waals surface area contributed by atoms with Crippen LogP contribution >= 0.6 is 0 Å². The van der Waals surface area contributed by atoms with E-state index >= 15 is 0 Å². The van der Waals surface area contributed by atoms with E-state index in [1.54, 1.807) is 9.80 Å². The number of fused-ring (bicyclic) bond motifs is 2. The first-order chi connectivity index (χ1) is 33.5. The van der Waals surface area contributed by atoms with Crippen LogP contribution in [-0.4, -0.2) is 109 Å². The van der Waals surface area contributed by atoms with Crippen molar-refractivity contribution >= 4 is 35.4 Å². The number of hydrogen-bond donors (Lipinski definition) is 4. The van der Waals surface area contributed by atoms with E-state index in [9.17, 15) is 28.8 Å². The Kier molecular flexibility index (Phi) is 17.1. The molecular formula is C55H78N6O8. The minimum Gasteiger partial charge on any atom is -0.381 e. The van der Waals surface area contributed by atoms with E-state index in [0.29, 0.717) is 90.9 Å². The molecule has 8 rings (SSSR count). The number of rotatable bonds is 16. The zero-order valence-corrected chi connectivity index (χ0v) is 41.7. The molecule has 4 N–H and O–H groups in total. The van der Waals surface area contributed by atoms with Gasteiger partial charge in [0.15, 0.2) is 0 Å². The molecule has 2 aliphatic carbocycles. The number of ether oxygens (including phenoxy) is 2. The normalized spacial score (nSPS) is 24.8. The van der Waals surface area contributed by atoms with Crippen LogP contribution in [0.15, 0.2) is 36.4 Å². The van der Waals surface area contributed by atoms with Crippen LogP contribution in [0.5, 0.6) is 0 Å². The Bertz CT molecular complexity index is 2020. The third kappa shape index (κ3) is 11.5. The second-order valence-electron chi connectivity index (χ2n) is 20.9. The molecule has 0 unspecified atom stereocenters. The number of carbonyl (C=O) groups is 6. The summed E-state index contributed by atoms with van der Waals surface area (Å²) < 4.78 is 11.2. The molecule has 0 radical (unpaired) electrons. The van der Waals surface area contributed by atoms with Gasteiger partial charge in [0.1, 0.15) is 24.2 Å². The summed E-state index contributed by atoms with van der Waals surface area (Å²) >= 11 is 0. The summed E-state index contributed by atoms with van der Waals surface area (Å²) in [7, 11) is 0. The molecule has 2 aromatic carbocycles. The first kappa shape index (κ1) is 50.6. The summed E-state index contributed by atoms with van der Waals surface area (Å²) in [5.74, 6) is -1.33. The maximum Gasteiger partial charge on any atom is 0.246 e. The van der Waals surface area contributed by atoms with Crippen LogP contribution in [0.1, 0.15) is 163 Å². The van der Waals surface area contributed by atoms with Crippen LogP contribution in [0.25, 0.3) is 0 Å². The van der Waals surface area contributed by atoms with Crippen LogP contribution in [0.2, 0.25) is 0 Å². The number of nitrogens with zero attached hydrogens (tertiary/aromatic N) is 2. The van der Waals surface area contributed by atoms with Gasteiger partial charge < -0.3 is 40.5 Å². The van der Waals surface area contributed by atoms with Gasteiger partial charge in [0.05, 0.1) is 12.1 Å². The second kappa shape index (κ2) is 23.4. The fourth-order valence-electron chi connectivity index (χ4n) is 12.0. The molecule has 0 bridgehead atoms. The van der Waals surface area contributed by atoms with Crippen molar-refractivity contribution in [3.05, 3.63) is 69.8 Å². The van der Waals surface area contributed by atoms with Gasteiger partial charge in [0.25, 0.3) is 0 Å². The number of hydrogen-bond acceptors (Lipinski definition) is 8. The topological polar surface area (TPSA) is 175 Å². The van der Waals surface area contributed by atoms with Gasteiger partial charge in [0, 0.05) is 51.4 Å². The highest BCUT2D eigenvalue weighted by atomic mass is 16.5. The Morgan fingerprint density at radius 1 is 0.565 bits per heavy atom. The molecule has 4 aliphatic heterocycles. The molecule has 14 heteroatoms. The van der Waals surface area contributed by atoms with Gasteiger partial charge in [-0.1, -0.05) is 64.1 Å². The number of carbonyl (C=O) groups excluding carboxylic acids is 6. The first-order valence-electron chi connectivity index (χ1n) is 26.7. The third-order valence-corrected chi connectivity index (χ3v) is 16.6. The fraction of sp³-hybridized carbons (Fsp3) is 0.673. The van der Waals surface area contributed by atoms with Crippen molar-refractivity contribution in [2.45, 2.75) is 173 Å². The number of amides is 6. The van der Waals surface area contributed by atoms with E-state index in [2.05, 4.69) is 57.7 Å². The Morgan fingerprint density at radius 2 is 0.971 bits per heavy atom. The lowest BCUT2D eigenvalue weighted by Crippen LogP contribution is -2.57. The molecule has 4 fully saturated rings. The molecule has 4 saturated heterocycles. The minimum absolute atomic E-state index is 0.0376. The molecule has 6 amide bonds. The Morgan fingerprint density at radius 3 is 1.36 bits per heavy atom. The maximum atomic E-state index is 14.4. The van der Waals surface area contributed by atoms with Crippen molar-refractivity contribution in [1.29, 1.82) is 0 Å². The summed E-state index contributed by atoms with van der Waals surface area (Å²) in [6.07, 6.45) is 12.8. The monoisotopic (exact) mass is 951 g/mol.